The van der Waals surface area contributed by atoms with Crippen LogP contribution in [0.4, 0.5) is 13.2 Å². The van der Waals surface area contributed by atoms with E-state index < -0.39 is 11.9 Å². The minimum Gasteiger partial charge on any atom is -0.477 e. The van der Waals surface area contributed by atoms with Gasteiger partial charge in [-0.15, -0.1) is 0 Å². The quantitative estimate of drug-likeness (QED) is 0.365. The van der Waals surface area contributed by atoms with Gasteiger partial charge in [-0.1, -0.05) is 6.92 Å². The molecule has 6 rings (SSSR count). The van der Waals surface area contributed by atoms with Crippen LogP contribution in [0, 0.1) is 0 Å². The first kappa shape index (κ1) is 25.1. The van der Waals surface area contributed by atoms with Crippen molar-refractivity contribution in [1.29, 1.82) is 0 Å². The van der Waals surface area contributed by atoms with Crippen LogP contribution in [0.5, 0.6) is 5.88 Å². The Balaban J connectivity index is 1.47. The third-order valence-corrected chi connectivity index (χ3v) is 7.42. The average molecular weight is 537 g/mol. The second kappa shape index (κ2) is 9.55. The number of imidazole rings is 1. The smallest absolute Gasteiger partial charge is 0.435 e. The van der Waals surface area contributed by atoms with Crippen molar-refractivity contribution in [3.63, 3.8) is 0 Å². The van der Waals surface area contributed by atoms with E-state index in [-0.39, 0.29) is 17.5 Å². The monoisotopic (exact) mass is 536 g/mol. The van der Waals surface area contributed by atoms with Crippen molar-refractivity contribution >= 4 is 5.91 Å². The minimum absolute atomic E-state index is 0.0248. The number of carbonyl (C=O) groups is 1. The molecule has 1 unspecified atom stereocenters. The maximum absolute atomic E-state index is 14.1. The van der Waals surface area contributed by atoms with Gasteiger partial charge in [-0.3, -0.25) is 9.48 Å². The zero-order chi connectivity index (χ0) is 27.3. The fraction of sp³-hybridized carbons (Fsp3) is 0.357. The molecule has 202 valence electrons. The number of carbonyl (C=O) groups excluding carboxylic acids is 1. The summed E-state index contributed by atoms with van der Waals surface area (Å²) in [5, 5.41) is 3.72. The lowest BCUT2D eigenvalue weighted by molar-refractivity contribution is -0.140. The van der Waals surface area contributed by atoms with E-state index in [0.717, 1.165) is 17.5 Å². The molecule has 3 aromatic heterocycles. The number of hydrogen-bond donors (Lipinski definition) is 0. The molecule has 0 aliphatic carbocycles. The third kappa shape index (κ3) is 4.55. The first-order valence-corrected chi connectivity index (χ1v) is 12.9. The SMILES string of the molecule is CCc1cnc2c(c1)C(N1CCc3c(cc(Cn4ccnc4)cc3-c3cn(C)nc3C(F)(F)F)C1=O)CCO2. The van der Waals surface area contributed by atoms with Crippen molar-refractivity contribution in [3.8, 4) is 17.0 Å². The summed E-state index contributed by atoms with van der Waals surface area (Å²) in [5.74, 6) is 0.323. The van der Waals surface area contributed by atoms with Crippen LogP contribution in [0.25, 0.3) is 11.1 Å². The van der Waals surface area contributed by atoms with Crippen molar-refractivity contribution in [2.75, 3.05) is 13.2 Å². The van der Waals surface area contributed by atoms with Crippen LogP contribution in [0.1, 0.15) is 57.7 Å². The summed E-state index contributed by atoms with van der Waals surface area (Å²) in [5.41, 5.74) is 3.06. The van der Waals surface area contributed by atoms with Gasteiger partial charge in [0.15, 0.2) is 5.69 Å². The van der Waals surface area contributed by atoms with Gasteiger partial charge >= 0.3 is 6.18 Å². The Labute approximate surface area is 223 Å². The van der Waals surface area contributed by atoms with Gasteiger partial charge in [-0.05, 0) is 53.3 Å². The van der Waals surface area contributed by atoms with Gasteiger partial charge in [-0.2, -0.15) is 18.3 Å². The number of amides is 1. The molecule has 0 radical (unpaired) electrons. The second-order valence-electron chi connectivity index (χ2n) is 9.96. The summed E-state index contributed by atoms with van der Waals surface area (Å²) in [4.78, 5) is 24.5. The topological polar surface area (TPSA) is 78.1 Å². The normalized spacial score (nSPS) is 17.1. The molecule has 2 aliphatic heterocycles. The number of halogens is 3. The maximum atomic E-state index is 14.1. The van der Waals surface area contributed by atoms with Crippen LogP contribution < -0.4 is 4.74 Å². The van der Waals surface area contributed by atoms with E-state index in [4.69, 9.17) is 4.74 Å². The molecule has 5 heterocycles. The predicted molar refractivity (Wildman–Crippen MR) is 136 cm³/mol. The third-order valence-electron chi connectivity index (χ3n) is 7.42. The zero-order valence-corrected chi connectivity index (χ0v) is 21.6. The van der Waals surface area contributed by atoms with Crippen molar-refractivity contribution in [3.05, 3.63) is 82.8 Å². The van der Waals surface area contributed by atoms with Crippen molar-refractivity contribution in [2.45, 2.75) is 44.9 Å². The van der Waals surface area contributed by atoms with Crippen LogP contribution in [0.2, 0.25) is 0 Å². The summed E-state index contributed by atoms with van der Waals surface area (Å²) in [6.07, 6.45) is 5.41. The Bertz CT molecular complexity index is 1540. The van der Waals surface area contributed by atoms with Crippen LogP contribution in [-0.2, 0) is 32.6 Å². The van der Waals surface area contributed by atoms with Gasteiger partial charge in [0, 0.05) is 68.0 Å². The molecule has 0 N–H and O–H groups in total. The molecule has 4 aromatic rings. The Morgan fingerprint density at radius 3 is 2.69 bits per heavy atom. The lowest BCUT2D eigenvalue weighted by Gasteiger charge is -2.39. The summed E-state index contributed by atoms with van der Waals surface area (Å²) in [6, 6.07) is 5.37. The highest BCUT2D eigenvalue weighted by molar-refractivity contribution is 5.99. The Morgan fingerprint density at radius 1 is 1.13 bits per heavy atom. The van der Waals surface area contributed by atoms with Crippen LogP contribution in [0.15, 0.2) is 49.3 Å². The van der Waals surface area contributed by atoms with Gasteiger partial charge in [0.1, 0.15) is 0 Å². The fourth-order valence-corrected chi connectivity index (χ4v) is 5.61. The molecular weight excluding hydrogens is 509 g/mol. The molecule has 8 nitrogen and oxygen atoms in total. The van der Waals surface area contributed by atoms with E-state index in [9.17, 15) is 18.0 Å². The number of rotatable bonds is 5. The van der Waals surface area contributed by atoms with Gasteiger partial charge in [0.25, 0.3) is 5.91 Å². The van der Waals surface area contributed by atoms with E-state index in [2.05, 4.69) is 15.1 Å². The molecule has 1 aromatic carbocycles. The Kier molecular flexibility index (Phi) is 6.16. The number of nitrogens with zero attached hydrogens (tertiary/aromatic N) is 6. The lowest BCUT2D eigenvalue weighted by atomic mass is 9.86. The highest BCUT2D eigenvalue weighted by atomic mass is 19.4. The molecule has 11 heteroatoms. The highest BCUT2D eigenvalue weighted by Gasteiger charge is 2.40. The number of pyridine rings is 1. The number of aryl methyl sites for hydroxylation is 2. The van der Waals surface area contributed by atoms with Crippen LogP contribution in [-0.4, -0.2) is 48.3 Å². The van der Waals surface area contributed by atoms with E-state index in [1.54, 1.807) is 37.1 Å². The van der Waals surface area contributed by atoms with Gasteiger partial charge in [0.05, 0.1) is 19.0 Å². The van der Waals surface area contributed by atoms with E-state index >= 15 is 0 Å². The summed E-state index contributed by atoms with van der Waals surface area (Å²) >= 11 is 0. The standard InChI is InChI=1S/C28H27F3N6O2/c1-3-17-10-22-24(5-9-39-26(22)33-13-17)37-7-4-19-20(23-15-35(2)34-25(23)28(29,30)31)11-18(12-21(19)27(37)38)14-36-8-6-32-16-36/h6,8,10-13,15-16,24H,3-5,7,9,14H2,1-2H3. The van der Waals surface area contributed by atoms with E-state index in [0.29, 0.717) is 60.7 Å². The van der Waals surface area contributed by atoms with Crippen molar-refractivity contribution in [1.82, 2.24) is 29.2 Å². The van der Waals surface area contributed by atoms with Crippen molar-refractivity contribution in [2.24, 2.45) is 7.05 Å². The number of alkyl halides is 3. The Hall–Kier alpha value is -4.15. The fourth-order valence-electron chi connectivity index (χ4n) is 5.61. The number of hydrogen-bond acceptors (Lipinski definition) is 5. The summed E-state index contributed by atoms with van der Waals surface area (Å²) < 4.78 is 50.7. The second-order valence-corrected chi connectivity index (χ2v) is 9.96. The molecular formula is C28H27F3N6O2. The average Bonchev–Trinajstić information content (AvgIpc) is 3.58. The first-order valence-electron chi connectivity index (χ1n) is 12.9. The summed E-state index contributed by atoms with van der Waals surface area (Å²) in [7, 11) is 1.47. The molecule has 0 fully saturated rings. The molecule has 0 saturated heterocycles. The largest absolute Gasteiger partial charge is 0.477 e. The van der Waals surface area contributed by atoms with Crippen LogP contribution >= 0.6 is 0 Å². The molecule has 2 aliphatic rings. The number of fused-ring (bicyclic) bond motifs is 2. The van der Waals surface area contributed by atoms with Gasteiger partial charge in [0.2, 0.25) is 5.88 Å². The molecule has 0 bridgehead atoms. The van der Waals surface area contributed by atoms with E-state index in [1.165, 1.54) is 17.9 Å². The van der Waals surface area contributed by atoms with E-state index in [1.807, 2.05) is 22.5 Å². The summed E-state index contributed by atoms with van der Waals surface area (Å²) in [6.45, 7) is 3.21. The molecule has 0 saturated carbocycles. The molecule has 1 amide bonds. The highest BCUT2D eigenvalue weighted by Crippen LogP contribution is 2.42. The number of ether oxygens (including phenoxy) is 1. The molecule has 1 atom stereocenters. The van der Waals surface area contributed by atoms with Gasteiger partial charge < -0.3 is 14.2 Å². The van der Waals surface area contributed by atoms with Crippen LogP contribution in [0.3, 0.4) is 0 Å². The van der Waals surface area contributed by atoms with Gasteiger partial charge in [-0.25, -0.2) is 9.97 Å². The number of benzene rings is 1. The molecule has 39 heavy (non-hydrogen) atoms. The number of aromatic nitrogens is 5. The lowest BCUT2D eigenvalue weighted by Crippen LogP contribution is -2.42. The van der Waals surface area contributed by atoms with Crippen molar-refractivity contribution < 1.29 is 22.7 Å². The molecule has 0 spiro atoms. The minimum atomic E-state index is -4.63. The maximum Gasteiger partial charge on any atom is 0.435 e. The predicted octanol–water partition coefficient (Wildman–Crippen LogP) is 4.83. The first-order chi connectivity index (χ1) is 18.7. The zero-order valence-electron chi connectivity index (χ0n) is 21.6. The Morgan fingerprint density at radius 2 is 1.95 bits per heavy atom.